The smallest absolute Gasteiger partial charge is 0.294 e. The SMILES string of the molecule is CC(=O)Nc1cccc(NC(=O)Cn2nc(-c3ccc(F)cc3)c3sc(C)nc3c2=O)c1. The summed E-state index contributed by atoms with van der Waals surface area (Å²) in [4.78, 5) is 41.1. The quantitative estimate of drug-likeness (QED) is 0.483. The fourth-order valence-corrected chi connectivity index (χ4v) is 4.10. The van der Waals surface area contributed by atoms with Crippen molar-refractivity contribution in [1.82, 2.24) is 14.8 Å². The second-order valence-corrected chi connectivity index (χ2v) is 8.24. The molecule has 0 saturated heterocycles. The van der Waals surface area contributed by atoms with Gasteiger partial charge in [0, 0.05) is 23.9 Å². The summed E-state index contributed by atoms with van der Waals surface area (Å²) >= 11 is 1.31. The summed E-state index contributed by atoms with van der Waals surface area (Å²) in [5.74, 6) is -1.10. The Bertz CT molecular complexity index is 1400. The third-order valence-electron chi connectivity index (χ3n) is 4.48. The van der Waals surface area contributed by atoms with E-state index in [1.165, 1.54) is 30.4 Å². The van der Waals surface area contributed by atoms with Crippen LogP contribution in [0.2, 0.25) is 0 Å². The predicted molar refractivity (Wildman–Crippen MR) is 121 cm³/mol. The monoisotopic (exact) mass is 451 g/mol. The highest BCUT2D eigenvalue weighted by atomic mass is 32.1. The van der Waals surface area contributed by atoms with Crippen molar-refractivity contribution in [3.63, 3.8) is 0 Å². The number of carbonyl (C=O) groups excluding carboxylic acids is 2. The fraction of sp³-hybridized carbons (Fsp3) is 0.136. The molecule has 0 spiro atoms. The van der Waals surface area contributed by atoms with Crippen molar-refractivity contribution in [1.29, 1.82) is 0 Å². The number of aromatic nitrogens is 3. The molecule has 0 radical (unpaired) electrons. The zero-order chi connectivity index (χ0) is 22.8. The van der Waals surface area contributed by atoms with E-state index in [2.05, 4.69) is 20.7 Å². The van der Waals surface area contributed by atoms with Crippen LogP contribution in [0.1, 0.15) is 11.9 Å². The molecule has 0 aliphatic heterocycles. The van der Waals surface area contributed by atoms with E-state index in [4.69, 9.17) is 0 Å². The van der Waals surface area contributed by atoms with Gasteiger partial charge in [-0.25, -0.2) is 14.1 Å². The van der Waals surface area contributed by atoms with Crippen molar-refractivity contribution < 1.29 is 14.0 Å². The molecule has 162 valence electrons. The standard InChI is InChI=1S/C22H18FN5O3S/c1-12(29)24-16-4-3-5-17(10-16)26-18(30)11-28-22(31)20-21(32-13(2)25-20)19(27-28)14-6-8-15(23)9-7-14/h3-10H,11H2,1-2H3,(H,24,29)(H,26,30). The molecule has 2 amide bonds. The highest BCUT2D eigenvalue weighted by Crippen LogP contribution is 2.29. The minimum atomic E-state index is -0.489. The van der Waals surface area contributed by atoms with Crippen LogP contribution in [0.4, 0.5) is 15.8 Å². The van der Waals surface area contributed by atoms with Gasteiger partial charge in [-0.3, -0.25) is 14.4 Å². The molecule has 0 unspecified atom stereocenters. The Labute approximate surface area is 185 Å². The number of halogens is 1. The largest absolute Gasteiger partial charge is 0.326 e. The summed E-state index contributed by atoms with van der Waals surface area (Å²) in [7, 11) is 0. The molecule has 0 atom stereocenters. The molecule has 4 rings (SSSR count). The van der Waals surface area contributed by atoms with Gasteiger partial charge in [0.15, 0.2) is 5.52 Å². The van der Waals surface area contributed by atoms with Crippen LogP contribution in [0.3, 0.4) is 0 Å². The Balaban J connectivity index is 1.66. The third kappa shape index (κ3) is 4.54. The van der Waals surface area contributed by atoms with Crippen LogP contribution < -0.4 is 16.2 Å². The van der Waals surface area contributed by atoms with Crippen LogP contribution in [0, 0.1) is 12.7 Å². The van der Waals surface area contributed by atoms with E-state index in [0.29, 0.717) is 32.3 Å². The lowest BCUT2D eigenvalue weighted by atomic mass is 10.1. The first-order valence-corrected chi connectivity index (χ1v) is 10.4. The Morgan fingerprint density at radius 1 is 1.09 bits per heavy atom. The Kier molecular flexibility index (Phi) is 5.78. The molecule has 0 aliphatic carbocycles. The lowest BCUT2D eigenvalue weighted by Crippen LogP contribution is -2.30. The van der Waals surface area contributed by atoms with Crippen LogP contribution in [-0.4, -0.2) is 26.6 Å². The average molecular weight is 451 g/mol. The Morgan fingerprint density at radius 3 is 2.47 bits per heavy atom. The van der Waals surface area contributed by atoms with Gasteiger partial charge in [-0.15, -0.1) is 11.3 Å². The first-order valence-electron chi connectivity index (χ1n) is 9.62. The van der Waals surface area contributed by atoms with Crippen LogP contribution in [0.15, 0.2) is 53.3 Å². The molecule has 2 aromatic carbocycles. The number of fused-ring (bicyclic) bond motifs is 1. The van der Waals surface area contributed by atoms with Crippen LogP contribution in [-0.2, 0) is 16.1 Å². The molecule has 32 heavy (non-hydrogen) atoms. The summed E-state index contributed by atoms with van der Waals surface area (Å²) in [5, 5.41) is 10.4. The molecule has 0 aliphatic rings. The van der Waals surface area contributed by atoms with Crippen molar-refractivity contribution in [2.24, 2.45) is 0 Å². The maximum Gasteiger partial charge on any atom is 0.294 e. The molecule has 0 saturated carbocycles. The van der Waals surface area contributed by atoms with E-state index in [1.807, 2.05) is 0 Å². The zero-order valence-electron chi connectivity index (χ0n) is 17.2. The van der Waals surface area contributed by atoms with E-state index >= 15 is 0 Å². The van der Waals surface area contributed by atoms with Crippen molar-refractivity contribution in [3.05, 3.63) is 69.7 Å². The van der Waals surface area contributed by atoms with E-state index in [-0.39, 0.29) is 23.8 Å². The van der Waals surface area contributed by atoms with Gasteiger partial charge in [0.25, 0.3) is 5.56 Å². The topological polar surface area (TPSA) is 106 Å². The fourth-order valence-electron chi connectivity index (χ4n) is 3.18. The minimum absolute atomic E-state index is 0.210. The van der Waals surface area contributed by atoms with Gasteiger partial charge in [0.05, 0.1) is 9.71 Å². The number of nitrogens with one attached hydrogen (secondary N) is 2. The number of rotatable bonds is 5. The van der Waals surface area contributed by atoms with Crippen molar-refractivity contribution in [2.75, 3.05) is 10.6 Å². The van der Waals surface area contributed by atoms with E-state index in [0.717, 1.165) is 4.68 Å². The summed E-state index contributed by atoms with van der Waals surface area (Å²) in [6.07, 6.45) is 0. The second-order valence-electron chi connectivity index (χ2n) is 7.04. The molecule has 2 aromatic heterocycles. The first kappa shape index (κ1) is 21.3. The van der Waals surface area contributed by atoms with Gasteiger partial charge in [-0.05, 0) is 49.4 Å². The number of aryl methyl sites for hydroxylation is 1. The van der Waals surface area contributed by atoms with E-state index < -0.39 is 11.5 Å². The molecular weight excluding hydrogens is 433 g/mol. The Hall–Kier alpha value is -3.92. The predicted octanol–water partition coefficient (Wildman–Crippen LogP) is 3.56. The van der Waals surface area contributed by atoms with Gasteiger partial charge in [0.2, 0.25) is 11.8 Å². The lowest BCUT2D eigenvalue weighted by molar-refractivity contribution is -0.117. The number of thiazole rings is 1. The van der Waals surface area contributed by atoms with Crippen LogP contribution >= 0.6 is 11.3 Å². The van der Waals surface area contributed by atoms with Crippen LogP contribution in [0.25, 0.3) is 21.5 Å². The zero-order valence-corrected chi connectivity index (χ0v) is 18.0. The number of hydrogen-bond acceptors (Lipinski definition) is 6. The minimum Gasteiger partial charge on any atom is -0.326 e. The summed E-state index contributed by atoms with van der Waals surface area (Å²) in [5.41, 5.74) is 1.77. The molecule has 0 fully saturated rings. The maximum atomic E-state index is 13.4. The van der Waals surface area contributed by atoms with Crippen molar-refractivity contribution in [2.45, 2.75) is 20.4 Å². The van der Waals surface area contributed by atoms with Crippen molar-refractivity contribution in [3.8, 4) is 11.3 Å². The normalized spacial score (nSPS) is 10.8. The summed E-state index contributed by atoms with van der Waals surface area (Å²) in [6.45, 7) is 2.82. The van der Waals surface area contributed by atoms with Gasteiger partial charge in [-0.2, -0.15) is 5.10 Å². The molecule has 2 heterocycles. The second kappa shape index (κ2) is 8.67. The maximum absolute atomic E-state index is 13.4. The van der Waals surface area contributed by atoms with E-state index in [9.17, 15) is 18.8 Å². The van der Waals surface area contributed by atoms with Crippen LogP contribution in [0.5, 0.6) is 0 Å². The summed E-state index contributed by atoms with van der Waals surface area (Å²) in [6, 6.07) is 12.4. The molecule has 10 heteroatoms. The molecule has 0 bridgehead atoms. The number of hydrogen-bond donors (Lipinski definition) is 2. The molecule has 2 N–H and O–H groups in total. The molecule has 8 nitrogen and oxygen atoms in total. The first-order chi connectivity index (χ1) is 15.3. The van der Waals surface area contributed by atoms with E-state index in [1.54, 1.807) is 43.3 Å². The third-order valence-corrected chi connectivity index (χ3v) is 5.46. The number of benzene rings is 2. The van der Waals surface area contributed by atoms with Gasteiger partial charge in [0.1, 0.15) is 18.1 Å². The summed E-state index contributed by atoms with van der Waals surface area (Å²) < 4.78 is 15.0. The van der Waals surface area contributed by atoms with Gasteiger partial charge >= 0.3 is 0 Å². The highest BCUT2D eigenvalue weighted by molar-refractivity contribution is 7.19. The van der Waals surface area contributed by atoms with Gasteiger partial charge < -0.3 is 10.6 Å². The number of anilines is 2. The number of amides is 2. The molecular formula is C22H18FN5O3S. The average Bonchev–Trinajstić information content (AvgIpc) is 3.12. The number of carbonyl (C=O) groups is 2. The molecule has 4 aromatic rings. The lowest BCUT2D eigenvalue weighted by Gasteiger charge is -2.10. The van der Waals surface area contributed by atoms with Crippen molar-refractivity contribution >= 4 is 44.7 Å². The highest BCUT2D eigenvalue weighted by Gasteiger charge is 2.18. The number of nitrogens with zero attached hydrogens (tertiary/aromatic N) is 3. The Morgan fingerprint density at radius 2 is 1.78 bits per heavy atom. The van der Waals surface area contributed by atoms with Gasteiger partial charge in [-0.1, -0.05) is 6.07 Å².